The molecule has 1 saturated carbocycles. The van der Waals surface area contributed by atoms with Crippen LogP contribution in [0.2, 0.25) is 0 Å². The molecule has 3 rings (SSSR count). The summed E-state index contributed by atoms with van der Waals surface area (Å²) in [6, 6.07) is 2.73. The minimum absolute atomic E-state index is 0.146. The molecule has 2 fully saturated rings. The fourth-order valence-corrected chi connectivity index (χ4v) is 4.59. The molecule has 0 bridgehead atoms. The zero-order chi connectivity index (χ0) is 16.6. The summed E-state index contributed by atoms with van der Waals surface area (Å²) < 4.78 is 2.41. The van der Waals surface area contributed by atoms with Crippen LogP contribution in [0.5, 0.6) is 0 Å². The van der Waals surface area contributed by atoms with E-state index in [-0.39, 0.29) is 11.1 Å². The third-order valence-corrected chi connectivity index (χ3v) is 5.73. The van der Waals surface area contributed by atoms with Crippen LogP contribution in [0, 0.1) is 13.8 Å². The summed E-state index contributed by atoms with van der Waals surface area (Å²) >= 11 is 1.06. The fourth-order valence-electron chi connectivity index (χ4n) is 3.73. The van der Waals surface area contributed by atoms with Crippen LogP contribution in [0.1, 0.15) is 62.0 Å². The van der Waals surface area contributed by atoms with E-state index in [1.54, 1.807) is 0 Å². The van der Waals surface area contributed by atoms with Crippen LogP contribution in [0.25, 0.3) is 6.08 Å². The Hall–Kier alpha value is -1.49. The number of hydrogen-bond acceptors (Lipinski definition) is 3. The molecule has 2 amide bonds. The Morgan fingerprint density at radius 1 is 1.26 bits per heavy atom. The van der Waals surface area contributed by atoms with Crippen LogP contribution in [0.15, 0.2) is 11.0 Å². The lowest BCUT2D eigenvalue weighted by atomic mass is 10.2. The first kappa shape index (κ1) is 16.4. The van der Waals surface area contributed by atoms with Gasteiger partial charge in [-0.15, -0.1) is 0 Å². The average Bonchev–Trinajstić information content (AvgIpc) is 3.17. The minimum atomic E-state index is -0.146. The Kier molecular flexibility index (Phi) is 4.67. The molecule has 2 heterocycles. The molecule has 0 radical (unpaired) electrons. The predicted molar refractivity (Wildman–Crippen MR) is 94.4 cm³/mol. The average molecular weight is 332 g/mol. The molecule has 1 aliphatic heterocycles. The van der Waals surface area contributed by atoms with Crippen LogP contribution < -0.4 is 0 Å². The van der Waals surface area contributed by atoms with E-state index in [2.05, 4.69) is 24.5 Å². The molecule has 2 aliphatic rings. The van der Waals surface area contributed by atoms with Crippen molar-refractivity contribution in [1.29, 1.82) is 0 Å². The van der Waals surface area contributed by atoms with Gasteiger partial charge in [0.15, 0.2) is 0 Å². The summed E-state index contributed by atoms with van der Waals surface area (Å²) in [6.07, 6.45) is 7.77. The van der Waals surface area contributed by atoms with E-state index >= 15 is 0 Å². The van der Waals surface area contributed by atoms with Crippen LogP contribution in [-0.4, -0.2) is 27.2 Å². The fraction of sp³-hybridized carbons (Fsp3) is 0.556. The molecule has 4 nitrogen and oxygen atoms in total. The molecule has 0 spiro atoms. The Morgan fingerprint density at radius 2 is 1.96 bits per heavy atom. The lowest BCUT2D eigenvalue weighted by molar-refractivity contribution is -0.122. The maximum absolute atomic E-state index is 12.4. The van der Waals surface area contributed by atoms with E-state index < -0.39 is 0 Å². The first-order valence-electron chi connectivity index (χ1n) is 8.46. The van der Waals surface area contributed by atoms with Gasteiger partial charge in [0, 0.05) is 24.0 Å². The Balaban J connectivity index is 1.90. The predicted octanol–water partition coefficient (Wildman–Crippen LogP) is 4.67. The second kappa shape index (κ2) is 6.56. The van der Waals surface area contributed by atoms with Gasteiger partial charge >= 0.3 is 0 Å². The summed E-state index contributed by atoms with van der Waals surface area (Å²) in [5.74, 6) is -0.146. The monoisotopic (exact) mass is 332 g/mol. The van der Waals surface area contributed by atoms with Gasteiger partial charge in [-0.3, -0.25) is 14.5 Å². The van der Waals surface area contributed by atoms with Crippen LogP contribution >= 0.6 is 11.8 Å². The number of aromatic nitrogens is 1. The standard InChI is InChI=1S/C18H24N2O2S/c1-4-9-19-17(21)16(23-18(19)22)11-14-10-12(2)20(13(14)3)15-7-5-6-8-15/h10-11,15H,4-9H2,1-3H3/b16-11-. The van der Waals surface area contributed by atoms with E-state index in [0.29, 0.717) is 17.5 Å². The molecule has 1 aromatic heterocycles. The van der Waals surface area contributed by atoms with Gasteiger partial charge in [0.2, 0.25) is 0 Å². The maximum Gasteiger partial charge on any atom is 0.293 e. The van der Waals surface area contributed by atoms with Gasteiger partial charge in [-0.25, -0.2) is 0 Å². The van der Waals surface area contributed by atoms with Crippen molar-refractivity contribution in [3.8, 4) is 0 Å². The van der Waals surface area contributed by atoms with Gasteiger partial charge < -0.3 is 4.57 Å². The largest absolute Gasteiger partial charge is 0.346 e. The van der Waals surface area contributed by atoms with Crippen LogP contribution in [-0.2, 0) is 4.79 Å². The highest BCUT2D eigenvalue weighted by Gasteiger charge is 2.34. The summed E-state index contributed by atoms with van der Waals surface area (Å²) in [5, 5.41) is -0.146. The highest BCUT2D eigenvalue weighted by Crippen LogP contribution is 2.36. The summed E-state index contributed by atoms with van der Waals surface area (Å²) in [5.41, 5.74) is 3.52. The number of hydrogen-bond donors (Lipinski definition) is 0. The van der Waals surface area contributed by atoms with Gasteiger partial charge in [0.05, 0.1) is 4.91 Å². The Labute approximate surface area is 141 Å². The number of carbonyl (C=O) groups is 2. The molecule has 124 valence electrons. The zero-order valence-corrected chi connectivity index (χ0v) is 14.9. The molecule has 5 heteroatoms. The number of amides is 2. The lowest BCUT2D eigenvalue weighted by Gasteiger charge is -2.17. The summed E-state index contributed by atoms with van der Waals surface area (Å²) in [4.78, 5) is 26.2. The van der Waals surface area contributed by atoms with Crippen LogP contribution in [0.3, 0.4) is 0 Å². The molecule has 0 aromatic carbocycles. The second-order valence-corrected chi connectivity index (χ2v) is 7.46. The molecule has 0 atom stereocenters. The molecule has 0 N–H and O–H groups in total. The number of aryl methyl sites for hydroxylation is 1. The third kappa shape index (κ3) is 2.99. The summed E-state index contributed by atoms with van der Waals surface area (Å²) in [7, 11) is 0. The van der Waals surface area contributed by atoms with Gasteiger partial charge in [-0.2, -0.15) is 0 Å². The van der Waals surface area contributed by atoms with E-state index in [1.807, 2.05) is 13.0 Å². The van der Waals surface area contributed by atoms with Gasteiger partial charge in [-0.1, -0.05) is 19.8 Å². The smallest absolute Gasteiger partial charge is 0.293 e. The molecular formula is C18H24N2O2S. The van der Waals surface area contributed by atoms with Crippen molar-refractivity contribution < 1.29 is 9.59 Å². The van der Waals surface area contributed by atoms with Crippen molar-refractivity contribution in [2.75, 3.05) is 6.54 Å². The quantitative estimate of drug-likeness (QED) is 0.753. The molecule has 1 aliphatic carbocycles. The van der Waals surface area contributed by atoms with Crippen LogP contribution in [0.4, 0.5) is 4.79 Å². The van der Waals surface area contributed by atoms with Crippen molar-refractivity contribution >= 4 is 29.0 Å². The molecule has 23 heavy (non-hydrogen) atoms. The highest BCUT2D eigenvalue weighted by molar-refractivity contribution is 8.18. The molecule has 0 unspecified atom stereocenters. The summed E-state index contributed by atoms with van der Waals surface area (Å²) in [6.45, 7) is 6.73. The first-order valence-corrected chi connectivity index (χ1v) is 9.28. The number of thioether (sulfide) groups is 1. The Bertz CT molecular complexity index is 669. The number of carbonyl (C=O) groups excluding carboxylic acids is 2. The number of rotatable bonds is 4. The number of imide groups is 1. The minimum Gasteiger partial charge on any atom is -0.346 e. The normalized spacial score (nSPS) is 21.2. The molecule has 1 saturated heterocycles. The SMILES string of the molecule is CCCN1C(=O)S/C(=C\c2cc(C)n(C3CCCC3)c2C)C1=O. The molecular weight excluding hydrogens is 308 g/mol. The van der Waals surface area contributed by atoms with Gasteiger partial charge in [-0.05, 0) is 62.6 Å². The van der Waals surface area contributed by atoms with Crippen molar-refractivity contribution in [3.63, 3.8) is 0 Å². The van der Waals surface area contributed by atoms with E-state index in [4.69, 9.17) is 0 Å². The van der Waals surface area contributed by atoms with Crippen molar-refractivity contribution in [2.45, 2.75) is 58.9 Å². The van der Waals surface area contributed by atoms with Crippen molar-refractivity contribution in [3.05, 3.63) is 27.9 Å². The van der Waals surface area contributed by atoms with E-state index in [0.717, 1.165) is 23.7 Å². The maximum atomic E-state index is 12.4. The van der Waals surface area contributed by atoms with E-state index in [1.165, 1.54) is 42.0 Å². The first-order chi connectivity index (χ1) is 11.0. The van der Waals surface area contributed by atoms with Crippen molar-refractivity contribution in [1.82, 2.24) is 9.47 Å². The third-order valence-electron chi connectivity index (χ3n) is 4.82. The van der Waals surface area contributed by atoms with Gasteiger partial charge in [0.1, 0.15) is 0 Å². The number of nitrogens with zero attached hydrogens (tertiary/aromatic N) is 2. The topological polar surface area (TPSA) is 42.3 Å². The Morgan fingerprint density at radius 3 is 2.61 bits per heavy atom. The lowest BCUT2D eigenvalue weighted by Crippen LogP contribution is -2.28. The van der Waals surface area contributed by atoms with Crippen molar-refractivity contribution in [2.24, 2.45) is 0 Å². The zero-order valence-electron chi connectivity index (χ0n) is 14.1. The molecule has 1 aromatic rings. The highest BCUT2D eigenvalue weighted by atomic mass is 32.2. The van der Waals surface area contributed by atoms with E-state index in [9.17, 15) is 9.59 Å². The van der Waals surface area contributed by atoms with Gasteiger partial charge in [0.25, 0.3) is 11.1 Å². The second-order valence-electron chi connectivity index (χ2n) is 6.47.